The van der Waals surface area contributed by atoms with E-state index in [1.54, 1.807) is 12.1 Å². The Hall–Kier alpha value is -4.44. The van der Waals surface area contributed by atoms with Crippen molar-refractivity contribution in [2.24, 2.45) is 5.41 Å². The molecule has 1 atom stereocenters. The van der Waals surface area contributed by atoms with Crippen molar-refractivity contribution in [1.29, 1.82) is 0 Å². The Labute approximate surface area is 237 Å². The van der Waals surface area contributed by atoms with Crippen LogP contribution in [0.2, 0.25) is 0 Å². The molecule has 0 radical (unpaired) electrons. The van der Waals surface area contributed by atoms with Gasteiger partial charge < -0.3 is 10.1 Å². The summed E-state index contributed by atoms with van der Waals surface area (Å²) in [5.41, 5.74) is 5.42. The number of ether oxygens (including phenoxy) is 1. The fourth-order valence-electron chi connectivity index (χ4n) is 4.33. The standard InChI is InChI=1S/C36H37NO3/c1-36(2,3)23-22-27-14-16-30(17-15-27)33(25-28-10-12-29(26-38)13-11-28)35(39)37-32-20-18-31(19-21-32)34-9-7-5-4-6-8-24-40-34/h4-6,8-23,26,33H,7,24-25H2,1-3H3,(H,37,39)/b5-4-,8-6-,23-22+,34-9-. The molecule has 0 fully saturated rings. The number of carbonyl (C=O) groups is 2. The van der Waals surface area contributed by atoms with Crippen LogP contribution in [0.15, 0.2) is 109 Å². The van der Waals surface area contributed by atoms with Gasteiger partial charge in [-0.25, -0.2) is 0 Å². The van der Waals surface area contributed by atoms with Gasteiger partial charge in [0.15, 0.2) is 0 Å². The lowest BCUT2D eigenvalue weighted by atomic mass is 9.89. The zero-order chi connectivity index (χ0) is 28.4. The van der Waals surface area contributed by atoms with Gasteiger partial charge in [-0.3, -0.25) is 9.59 Å². The van der Waals surface area contributed by atoms with Crippen LogP contribution in [0.1, 0.15) is 65.7 Å². The molecule has 3 aromatic rings. The van der Waals surface area contributed by atoms with E-state index in [1.165, 1.54) is 0 Å². The van der Waals surface area contributed by atoms with Gasteiger partial charge in [0.1, 0.15) is 18.7 Å². The molecule has 0 bridgehead atoms. The molecule has 40 heavy (non-hydrogen) atoms. The van der Waals surface area contributed by atoms with Gasteiger partial charge in [0.25, 0.3) is 0 Å². The number of rotatable bonds is 8. The van der Waals surface area contributed by atoms with E-state index in [2.05, 4.69) is 62.5 Å². The van der Waals surface area contributed by atoms with E-state index in [-0.39, 0.29) is 11.3 Å². The summed E-state index contributed by atoms with van der Waals surface area (Å²) in [6.45, 7) is 7.00. The van der Waals surface area contributed by atoms with Crippen LogP contribution in [-0.2, 0) is 16.0 Å². The van der Waals surface area contributed by atoms with Gasteiger partial charge in [-0.05, 0) is 71.4 Å². The third-order valence-corrected chi connectivity index (χ3v) is 6.58. The zero-order valence-corrected chi connectivity index (χ0v) is 23.5. The number of aldehydes is 1. The van der Waals surface area contributed by atoms with Crippen LogP contribution < -0.4 is 5.32 Å². The van der Waals surface area contributed by atoms with Crippen LogP contribution in [0, 0.1) is 5.41 Å². The number of benzene rings is 3. The van der Waals surface area contributed by atoms with Gasteiger partial charge in [-0.2, -0.15) is 0 Å². The molecular formula is C36H37NO3. The lowest BCUT2D eigenvalue weighted by molar-refractivity contribution is -0.117. The average Bonchev–Trinajstić information content (AvgIpc) is 3.10. The highest BCUT2D eigenvalue weighted by atomic mass is 16.5. The van der Waals surface area contributed by atoms with Crippen LogP contribution in [0.4, 0.5) is 5.69 Å². The summed E-state index contributed by atoms with van der Waals surface area (Å²) >= 11 is 0. The van der Waals surface area contributed by atoms with Crippen LogP contribution in [0.25, 0.3) is 11.8 Å². The molecule has 1 N–H and O–H groups in total. The van der Waals surface area contributed by atoms with E-state index in [1.807, 2.05) is 66.8 Å². The Bertz CT molecular complexity index is 1400. The SMILES string of the molecule is CC(C)(C)/C=C/c1ccc(C(Cc2ccc(C=O)cc2)C(=O)Nc2ccc(/C3=C/C/C=C\C=C/CO3)cc2)cc1. The molecule has 204 valence electrons. The number of carbonyl (C=O) groups excluding carboxylic acids is 2. The van der Waals surface area contributed by atoms with Crippen molar-refractivity contribution in [1.82, 2.24) is 0 Å². The predicted octanol–water partition coefficient (Wildman–Crippen LogP) is 8.40. The zero-order valence-electron chi connectivity index (χ0n) is 23.5. The van der Waals surface area contributed by atoms with Gasteiger partial charge in [-0.15, -0.1) is 0 Å². The second-order valence-electron chi connectivity index (χ2n) is 11.0. The second-order valence-corrected chi connectivity index (χ2v) is 11.0. The summed E-state index contributed by atoms with van der Waals surface area (Å²) in [6.07, 6.45) is 16.5. The Morgan fingerprint density at radius 2 is 1.57 bits per heavy atom. The summed E-state index contributed by atoms with van der Waals surface area (Å²) in [7, 11) is 0. The maximum atomic E-state index is 13.7. The normalized spacial score (nSPS) is 17.3. The maximum absolute atomic E-state index is 13.7. The number of anilines is 1. The third-order valence-electron chi connectivity index (χ3n) is 6.58. The molecule has 1 aliphatic heterocycles. The molecule has 0 saturated heterocycles. The van der Waals surface area contributed by atoms with Crippen LogP contribution in [-0.4, -0.2) is 18.8 Å². The minimum absolute atomic E-state index is 0.0848. The Balaban J connectivity index is 1.54. The molecule has 0 aromatic heterocycles. The van der Waals surface area contributed by atoms with Crippen molar-refractivity contribution in [3.05, 3.63) is 137 Å². The van der Waals surface area contributed by atoms with Crippen LogP contribution in [0.3, 0.4) is 0 Å². The summed E-state index contributed by atoms with van der Waals surface area (Å²) in [5, 5.41) is 3.11. The molecule has 4 nitrogen and oxygen atoms in total. The highest BCUT2D eigenvalue weighted by molar-refractivity contribution is 5.96. The Morgan fingerprint density at radius 3 is 2.25 bits per heavy atom. The summed E-state index contributed by atoms with van der Waals surface area (Å²) in [4.78, 5) is 24.8. The highest BCUT2D eigenvalue weighted by Gasteiger charge is 2.22. The number of hydrogen-bond donors (Lipinski definition) is 1. The van der Waals surface area contributed by atoms with Crippen LogP contribution in [0.5, 0.6) is 0 Å². The number of hydrogen-bond acceptors (Lipinski definition) is 3. The van der Waals surface area contributed by atoms with Crippen molar-refractivity contribution in [2.75, 3.05) is 11.9 Å². The molecule has 1 aliphatic rings. The van der Waals surface area contributed by atoms with Gasteiger partial charge in [0.05, 0.1) is 5.92 Å². The van der Waals surface area contributed by atoms with E-state index in [0.717, 1.165) is 46.4 Å². The first kappa shape index (κ1) is 28.6. The third kappa shape index (κ3) is 8.54. The van der Waals surface area contributed by atoms with E-state index in [9.17, 15) is 9.59 Å². The molecule has 4 heteroatoms. The van der Waals surface area contributed by atoms with Crippen molar-refractivity contribution in [3.63, 3.8) is 0 Å². The molecule has 3 aromatic carbocycles. The fourth-order valence-corrected chi connectivity index (χ4v) is 4.33. The van der Waals surface area contributed by atoms with E-state index in [4.69, 9.17) is 4.74 Å². The summed E-state index contributed by atoms with van der Waals surface area (Å²) < 4.78 is 5.91. The van der Waals surface area contributed by atoms with Gasteiger partial charge in [0, 0.05) is 16.8 Å². The largest absolute Gasteiger partial charge is 0.489 e. The molecular weight excluding hydrogens is 494 g/mol. The highest BCUT2D eigenvalue weighted by Crippen LogP contribution is 2.26. The van der Waals surface area contributed by atoms with Gasteiger partial charge in [-0.1, -0.05) is 99.7 Å². The number of amides is 1. The first-order valence-electron chi connectivity index (χ1n) is 13.7. The first-order chi connectivity index (χ1) is 19.3. The van der Waals surface area contributed by atoms with Gasteiger partial charge >= 0.3 is 0 Å². The van der Waals surface area contributed by atoms with E-state index >= 15 is 0 Å². The van der Waals surface area contributed by atoms with Gasteiger partial charge in [0.2, 0.25) is 5.91 Å². The topological polar surface area (TPSA) is 55.4 Å². The minimum atomic E-state index is -0.402. The van der Waals surface area contributed by atoms with E-state index < -0.39 is 5.92 Å². The van der Waals surface area contributed by atoms with E-state index in [0.29, 0.717) is 18.6 Å². The minimum Gasteiger partial charge on any atom is -0.489 e. The number of nitrogens with one attached hydrogen (secondary N) is 1. The molecule has 1 unspecified atom stereocenters. The maximum Gasteiger partial charge on any atom is 0.232 e. The van der Waals surface area contributed by atoms with Crippen molar-refractivity contribution < 1.29 is 14.3 Å². The summed E-state index contributed by atoms with van der Waals surface area (Å²) in [5.74, 6) is 0.339. The smallest absolute Gasteiger partial charge is 0.232 e. The first-order valence-corrected chi connectivity index (χ1v) is 13.7. The lowest BCUT2D eigenvalue weighted by Crippen LogP contribution is -2.23. The molecule has 0 saturated carbocycles. The van der Waals surface area contributed by atoms with Crippen molar-refractivity contribution in [2.45, 2.75) is 39.5 Å². The molecule has 1 amide bonds. The second kappa shape index (κ2) is 13.6. The molecule has 0 aliphatic carbocycles. The van der Waals surface area contributed by atoms with Crippen LogP contribution >= 0.6 is 0 Å². The number of allylic oxidation sites excluding steroid dienone is 5. The fraction of sp³-hybridized carbons (Fsp3) is 0.222. The summed E-state index contributed by atoms with van der Waals surface area (Å²) in [6, 6.07) is 23.3. The molecule has 1 heterocycles. The quantitative estimate of drug-likeness (QED) is 0.297. The average molecular weight is 532 g/mol. The van der Waals surface area contributed by atoms with Crippen molar-refractivity contribution in [3.8, 4) is 0 Å². The predicted molar refractivity (Wildman–Crippen MR) is 165 cm³/mol. The Kier molecular flexibility index (Phi) is 9.69. The Morgan fingerprint density at radius 1 is 0.900 bits per heavy atom. The van der Waals surface area contributed by atoms with Crippen molar-refractivity contribution >= 4 is 29.7 Å². The molecule has 4 rings (SSSR count). The monoisotopic (exact) mass is 531 g/mol. The lowest BCUT2D eigenvalue weighted by Gasteiger charge is -2.18. The molecule has 0 spiro atoms.